The van der Waals surface area contributed by atoms with Crippen molar-refractivity contribution < 1.29 is 19.2 Å². The molecule has 4 fully saturated rings. The lowest BCUT2D eigenvalue weighted by molar-refractivity contribution is -0.910. The van der Waals surface area contributed by atoms with Crippen molar-refractivity contribution >= 4 is 5.97 Å². The van der Waals surface area contributed by atoms with Gasteiger partial charge in [-0.05, 0) is 43.4 Å². The predicted molar refractivity (Wildman–Crippen MR) is 87.1 cm³/mol. The summed E-state index contributed by atoms with van der Waals surface area (Å²) in [4.78, 5) is 14.0. The number of ether oxygens (including phenoxy) is 2. The van der Waals surface area contributed by atoms with Gasteiger partial charge in [0.1, 0.15) is 25.1 Å². The third-order valence-electron chi connectivity index (χ3n) is 7.03. The van der Waals surface area contributed by atoms with Gasteiger partial charge in [0.2, 0.25) is 0 Å². The number of carbonyl (C=O) groups excluding carboxylic acids is 1. The average Bonchev–Trinajstić information content (AvgIpc) is 2.81. The highest BCUT2D eigenvalue weighted by Gasteiger charge is 2.55. The molecule has 4 aliphatic rings. The Labute approximate surface area is 139 Å². The van der Waals surface area contributed by atoms with Gasteiger partial charge in [-0.1, -0.05) is 19.1 Å². The quantitative estimate of drug-likeness (QED) is 0.614. The largest absolute Gasteiger partial charge is 0.462 e. The van der Waals surface area contributed by atoms with E-state index in [2.05, 4.69) is 13.5 Å². The minimum absolute atomic E-state index is 0.0619. The molecule has 0 spiro atoms. The Kier molecular flexibility index (Phi) is 4.01. The summed E-state index contributed by atoms with van der Waals surface area (Å²) in [6, 6.07) is 0. The van der Waals surface area contributed by atoms with Crippen LogP contribution in [0.15, 0.2) is 12.2 Å². The summed E-state index contributed by atoms with van der Waals surface area (Å²) in [5.74, 6) is 1.15. The van der Waals surface area contributed by atoms with Crippen molar-refractivity contribution in [2.24, 2.45) is 23.2 Å². The lowest BCUT2D eigenvalue weighted by atomic mass is 9.55. The van der Waals surface area contributed by atoms with E-state index in [1.165, 1.54) is 29.7 Å². The van der Waals surface area contributed by atoms with Gasteiger partial charge in [0.25, 0.3) is 0 Å². The summed E-state index contributed by atoms with van der Waals surface area (Å²) < 4.78 is 11.3. The number of hydrogen-bond donors (Lipinski definition) is 1. The molecule has 0 aromatic carbocycles. The van der Waals surface area contributed by atoms with Crippen LogP contribution in [0, 0.1) is 23.2 Å². The highest BCUT2D eigenvalue weighted by atomic mass is 16.6. The molecule has 4 nitrogen and oxygen atoms in total. The fraction of sp³-hybridized carbons (Fsp3) is 0.842. The summed E-state index contributed by atoms with van der Waals surface area (Å²) in [7, 11) is 0. The van der Waals surface area contributed by atoms with Gasteiger partial charge in [0.05, 0.1) is 19.8 Å². The zero-order valence-electron chi connectivity index (χ0n) is 14.3. The fourth-order valence-corrected chi connectivity index (χ4v) is 5.66. The molecule has 0 amide bonds. The van der Waals surface area contributed by atoms with E-state index in [-0.39, 0.29) is 18.0 Å². The van der Waals surface area contributed by atoms with Crippen molar-refractivity contribution in [2.45, 2.75) is 45.1 Å². The van der Waals surface area contributed by atoms with Gasteiger partial charge in [0, 0.05) is 5.92 Å². The number of esters is 1. The summed E-state index contributed by atoms with van der Waals surface area (Å²) in [5.41, 5.74) is 1.73. The van der Waals surface area contributed by atoms with E-state index in [0.29, 0.717) is 17.3 Å². The molecule has 4 heteroatoms. The third-order valence-corrected chi connectivity index (χ3v) is 7.03. The summed E-state index contributed by atoms with van der Waals surface area (Å²) in [6.07, 6.45) is 5.99. The van der Waals surface area contributed by atoms with Gasteiger partial charge in [-0.2, -0.15) is 0 Å². The minimum atomic E-state index is 0.0619. The zero-order chi connectivity index (χ0) is 16.0. The van der Waals surface area contributed by atoms with E-state index in [0.717, 1.165) is 45.7 Å². The van der Waals surface area contributed by atoms with Crippen LogP contribution in [0.3, 0.4) is 0 Å². The molecule has 0 aromatic heterocycles. The molecule has 128 valence electrons. The molecule has 2 aliphatic heterocycles. The monoisotopic (exact) mass is 320 g/mol. The molecule has 2 heterocycles. The van der Waals surface area contributed by atoms with Gasteiger partial charge < -0.3 is 14.4 Å². The van der Waals surface area contributed by atoms with Crippen molar-refractivity contribution in [2.75, 3.05) is 32.8 Å². The van der Waals surface area contributed by atoms with Crippen molar-refractivity contribution in [1.82, 2.24) is 0 Å². The van der Waals surface area contributed by atoms with Gasteiger partial charge >= 0.3 is 5.97 Å². The van der Waals surface area contributed by atoms with Gasteiger partial charge in [0.15, 0.2) is 0 Å². The van der Waals surface area contributed by atoms with E-state index >= 15 is 0 Å². The lowest BCUT2D eigenvalue weighted by Gasteiger charge is -2.50. The molecule has 2 saturated carbocycles. The Morgan fingerprint density at radius 2 is 2.13 bits per heavy atom. The van der Waals surface area contributed by atoms with Crippen LogP contribution in [0.5, 0.6) is 0 Å². The first-order valence-corrected chi connectivity index (χ1v) is 9.36. The fourth-order valence-electron chi connectivity index (χ4n) is 5.66. The molecule has 0 bridgehead atoms. The van der Waals surface area contributed by atoms with Crippen LogP contribution in [-0.2, 0) is 14.3 Å². The Bertz CT molecular complexity index is 499. The molecule has 0 unspecified atom stereocenters. The number of fused-ring (bicyclic) bond motifs is 2. The summed E-state index contributed by atoms with van der Waals surface area (Å²) in [6.45, 7) is 11.4. The van der Waals surface area contributed by atoms with Crippen molar-refractivity contribution in [3.05, 3.63) is 12.2 Å². The molecule has 5 atom stereocenters. The Morgan fingerprint density at radius 3 is 2.91 bits per heavy atom. The molecule has 2 saturated heterocycles. The third kappa shape index (κ3) is 2.74. The number of nitrogens with one attached hydrogen (secondary N) is 1. The number of morpholine rings is 1. The lowest BCUT2D eigenvalue weighted by Crippen LogP contribution is -3.14. The average molecular weight is 320 g/mol. The molecule has 0 aromatic rings. The van der Waals surface area contributed by atoms with E-state index < -0.39 is 0 Å². The first-order chi connectivity index (χ1) is 11.1. The second kappa shape index (κ2) is 5.89. The van der Waals surface area contributed by atoms with Gasteiger partial charge in [-0.3, -0.25) is 4.79 Å². The molecule has 23 heavy (non-hydrogen) atoms. The highest BCUT2D eigenvalue weighted by Crippen LogP contribution is 2.56. The topological polar surface area (TPSA) is 40.0 Å². The molecule has 2 aliphatic carbocycles. The molecular weight excluding hydrogens is 290 g/mol. The van der Waals surface area contributed by atoms with Crippen LogP contribution in [0.4, 0.5) is 0 Å². The standard InChI is InChI=1S/C19H29NO3/c1-13-4-3-5-19(2)11-17-14(10-16(13)19)15(18(21)23-17)12-20-6-8-22-9-7-20/h14-17H,1,3-12H2,2H3/p+1/t14-,15-,16+,17+,19-/m0/s1. The molecule has 4 rings (SSSR count). The number of carbonyl (C=O) groups is 1. The zero-order valence-corrected chi connectivity index (χ0v) is 14.3. The SMILES string of the molecule is C=C1CCC[C@@]2(C)C[C@H]3OC(=O)[C@@H](C[NH+]4CCOCC4)[C@@H]3C[C@H]12. The predicted octanol–water partition coefficient (Wildman–Crippen LogP) is 1.22. The van der Waals surface area contributed by atoms with E-state index in [1.807, 2.05) is 0 Å². The van der Waals surface area contributed by atoms with Crippen molar-refractivity contribution in [3.8, 4) is 0 Å². The smallest absolute Gasteiger partial charge is 0.315 e. The van der Waals surface area contributed by atoms with Crippen LogP contribution in [-0.4, -0.2) is 44.9 Å². The number of rotatable bonds is 2. The maximum absolute atomic E-state index is 12.5. The van der Waals surface area contributed by atoms with E-state index in [1.54, 1.807) is 0 Å². The second-order valence-electron chi connectivity index (χ2n) is 8.47. The van der Waals surface area contributed by atoms with Crippen LogP contribution in [0.25, 0.3) is 0 Å². The molecule has 1 N–H and O–H groups in total. The highest BCUT2D eigenvalue weighted by molar-refractivity contribution is 5.75. The maximum atomic E-state index is 12.5. The number of quaternary nitrogens is 1. The first kappa shape index (κ1) is 15.6. The number of hydrogen-bond acceptors (Lipinski definition) is 3. The Hall–Kier alpha value is -0.870. The first-order valence-electron chi connectivity index (χ1n) is 9.36. The van der Waals surface area contributed by atoms with E-state index in [9.17, 15) is 4.79 Å². The normalized spacial score (nSPS) is 44.6. The van der Waals surface area contributed by atoms with Crippen molar-refractivity contribution in [1.29, 1.82) is 0 Å². The molecule has 0 radical (unpaired) electrons. The molecular formula is C19H30NO3+. The summed E-state index contributed by atoms with van der Waals surface area (Å²) in [5, 5.41) is 0. The van der Waals surface area contributed by atoms with Crippen molar-refractivity contribution in [3.63, 3.8) is 0 Å². The van der Waals surface area contributed by atoms with Gasteiger partial charge in [-0.15, -0.1) is 0 Å². The van der Waals surface area contributed by atoms with Crippen LogP contribution in [0.1, 0.15) is 39.0 Å². The summed E-state index contributed by atoms with van der Waals surface area (Å²) >= 11 is 0. The number of allylic oxidation sites excluding steroid dienone is 1. The van der Waals surface area contributed by atoms with Crippen LogP contribution >= 0.6 is 0 Å². The van der Waals surface area contributed by atoms with Crippen LogP contribution in [0.2, 0.25) is 0 Å². The minimum Gasteiger partial charge on any atom is -0.462 e. The van der Waals surface area contributed by atoms with E-state index in [4.69, 9.17) is 9.47 Å². The Balaban J connectivity index is 1.50. The van der Waals surface area contributed by atoms with Gasteiger partial charge in [-0.25, -0.2) is 0 Å². The maximum Gasteiger partial charge on any atom is 0.315 e. The Morgan fingerprint density at radius 1 is 1.35 bits per heavy atom. The second-order valence-corrected chi connectivity index (χ2v) is 8.47. The van der Waals surface area contributed by atoms with Crippen LogP contribution < -0.4 is 4.90 Å².